The second kappa shape index (κ2) is 9.26. The number of methoxy groups -OCH3 is 1. The summed E-state index contributed by atoms with van der Waals surface area (Å²) in [6.07, 6.45) is 1.60. The van der Waals surface area contributed by atoms with Gasteiger partial charge in [0.15, 0.2) is 0 Å². The van der Waals surface area contributed by atoms with Crippen LogP contribution in [0.25, 0.3) is 11.3 Å². The molecule has 1 saturated heterocycles. The molecule has 0 N–H and O–H groups in total. The zero-order valence-corrected chi connectivity index (χ0v) is 15.0. The first kappa shape index (κ1) is 18.3. The topological polar surface area (TPSA) is 67.8 Å². The molecule has 1 aliphatic heterocycles. The summed E-state index contributed by atoms with van der Waals surface area (Å²) >= 11 is 0. The molecule has 1 aromatic heterocycles. The highest BCUT2D eigenvalue weighted by molar-refractivity contribution is 5.77. The van der Waals surface area contributed by atoms with E-state index in [0.29, 0.717) is 26.3 Å². The van der Waals surface area contributed by atoms with Gasteiger partial charge in [0, 0.05) is 44.9 Å². The first-order valence-corrected chi connectivity index (χ1v) is 8.75. The summed E-state index contributed by atoms with van der Waals surface area (Å²) in [6.45, 7) is 3.86. The minimum absolute atomic E-state index is 0.0217. The van der Waals surface area contributed by atoms with Crippen LogP contribution in [0.1, 0.15) is 0 Å². The van der Waals surface area contributed by atoms with Gasteiger partial charge in [-0.2, -0.15) is 0 Å². The number of aromatic nitrogens is 2. The standard InChI is InChI=1S/C19H24N4O3/c1-25-11-12-26-14-19(24)23-9-7-22(8-10-23)18-13-17(20-15-21-18)16-5-3-2-4-6-16/h2-6,13,15H,7-12,14H2,1H3. The van der Waals surface area contributed by atoms with Crippen LogP contribution in [0.3, 0.4) is 0 Å². The fourth-order valence-electron chi connectivity index (χ4n) is 2.86. The molecule has 2 heterocycles. The van der Waals surface area contributed by atoms with Gasteiger partial charge < -0.3 is 19.3 Å². The van der Waals surface area contributed by atoms with Crippen molar-refractivity contribution in [3.05, 3.63) is 42.7 Å². The molecule has 0 aliphatic carbocycles. The summed E-state index contributed by atoms with van der Waals surface area (Å²) in [4.78, 5) is 24.9. The predicted molar refractivity (Wildman–Crippen MR) is 99.0 cm³/mol. The Labute approximate surface area is 153 Å². The van der Waals surface area contributed by atoms with Crippen LogP contribution in [0, 0.1) is 0 Å². The van der Waals surface area contributed by atoms with Crippen molar-refractivity contribution >= 4 is 11.7 Å². The van der Waals surface area contributed by atoms with Gasteiger partial charge in [-0.05, 0) is 0 Å². The van der Waals surface area contributed by atoms with Crippen LogP contribution in [-0.2, 0) is 14.3 Å². The van der Waals surface area contributed by atoms with Gasteiger partial charge in [0.25, 0.3) is 0 Å². The van der Waals surface area contributed by atoms with Crippen LogP contribution in [0.15, 0.2) is 42.7 Å². The Morgan fingerprint density at radius 2 is 1.85 bits per heavy atom. The van der Waals surface area contributed by atoms with Gasteiger partial charge >= 0.3 is 0 Å². The smallest absolute Gasteiger partial charge is 0.248 e. The van der Waals surface area contributed by atoms with E-state index in [1.807, 2.05) is 41.3 Å². The van der Waals surface area contributed by atoms with E-state index >= 15 is 0 Å². The maximum atomic E-state index is 12.2. The van der Waals surface area contributed by atoms with Crippen molar-refractivity contribution in [2.75, 3.05) is 58.0 Å². The van der Waals surface area contributed by atoms with Crippen LogP contribution >= 0.6 is 0 Å². The van der Waals surface area contributed by atoms with E-state index in [-0.39, 0.29) is 12.5 Å². The number of rotatable bonds is 7. The Morgan fingerprint density at radius 1 is 1.08 bits per heavy atom. The van der Waals surface area contributed by atoms with Crippen molar-refractivity contribution in [2.24, 2.45) is 0 Å². The fourth-order valence-corrected chi connectivity index (χ4v) is 2.86. The lowest BCUT2D eigenvalue weighted by Gasteiger charge is -2.35. The molecule has 0 unspecified atom stereocenters. The second-order valence-electron chi connectivity index (χ2n) is 6.04. The highest BCUT2D eigenvalue weighted by Gasteiger charge is 2.22. The largest absolute Gasteiger partial charge is 0.382 e. The maximum absolute atomic E-state index is 12.2. The molecule has 0 bridgehead atoms. The molecule has 138 valence electrons. The summed E-state index contributed by atoms with van der Waals surface area (Å²) < 4.78 is 10.2. The predicted octanol–water partition coefficient (Wildman–Crippen LogP) is 1.46. The number of anilines is 1. The van der Waals surface area contributed by atoms with Crippen molar-refractivity contribution in [1.82, 2.24) is 14.9 Å². The van der Waals surface area contributed by atoms with Crippen LogP contribution in [0.4, 0.5) is 5.82 Å². The summed E-state index contributed by atoms with van der Waals surface area (Å²) in [5, 5.41) is 0. The number of piperazine rings is 1. The SMILES string of the molecule is COCCOCC(=O)N1CCN(c2cc(-c3ccccc3)ncn2)CC1. The molecule has 0 saturated carbocycles. The zero-order chi connectivity index (χ0) is 18.2. The van der Waals surface area contributed by atoms with Crippen molar-refractivity contribution in [3.63, 3.8) is 0 Å². The lowest BCUT2D eigenvalue weighted by molar-refractivity contribution is -0.136. The summed E-state index contributed by atoms with van der Waals surface area (Å²) in [5.41, 5.74) is 1.97. The van der Waals surface area contributed by atoms with Crippen LogP contribution in [0.2, 0.25) is 0 Å². The Kier molecular flexibility index (Phi) is 6.51. The normalized spacial score (nSPS) is 14.5. The lowest BCUT2D eigenvalue weighted by Crippen LogP contribution is -2.50. The molecule has 0 radical (unpaired) electrons. The number of carbonyl (C=O) groups excluding carboxylic acids is 1. The molecular formula is C19H24N4O3. The Bertz CT molecular complexity index is 703. The molecule has 1 fully saturated rings. The number of nitrogens with zero attached hydrogens (tertiary/aromatic N) is 4. The van der Waals surface area contributed by atoms with Gasteiger partial charge in [-0.15, -0.1) is 0 Å². The Balaban J connectivity index is 1.54. The van der Waals surface area contributed by atoms with Gasteiger partial charge in [0.05, 0.1) is 18.9 Å². The molecule has 1 aliphatic rings. The van der Waals surface area contributed by atoms with Gasteiger partial charge in [0.2, 0.25) is 5.91 Å². The lowest BCUT2D eigenvalue weighted by atomic mass is 10.1. The van der Waals surface area contributed by atoms with Gasteiger partial charge in [-0.25, -0.2) is 9.97 Å². The van der Waals surface area contributed by atoms with Crippen LogP contribution in [0.5, 0.6) is 0 Å². The monoisotopic (exact) mass is 356 g/mol. The molecule has 2 aromatic rings. The second-order valence-corrected chi connectivity index (χ2v) is 6.04. The van der Waals surface area contributed by atoms with Gasteiger partial charge in [-0.3, -0.25) is 4.79 Å². The molecule has 3 rings (SSSR count). The molecule has 26 heavy (non-hydrogen) atoms. The van der Waals surface area contributed by atoms with E-state index in [0.717, 1.165) is 30.2 Å². The van der Waals surface area contributed by atoms with Crippen molar-refractivity contribution < 1.29 is 14.3 Å². The van der Waals surface area contributed by atoms with E-state index in [1.54, 1.807) is 13.4 Å². The minimum Gasteiger partial charge on any atom is -0.382 e. The first-order valence-electron chi connectivity index (χ1n) is 8.75. The van der Waals surface area contributed by atoms with Crippen molar-refractivity contribution in [2.45, 2.75) is 0 Å². The van der Waals surface area contributed by atoms with E-state index in [1.165, 1.54) is 0 Å². The maximum Gasteiger partial charge on any atom is 0.248 e. The third kappa shape index (κ3) is 4.77. The van der Waals surface area contributed by atoms with Crippen LogP contribution in [-0.4, -0.2) is 73.9 Å². The summed E-state index contributed by atoms with van der Waals surface area (Å²) in [6, 6.07) is 12.0. The number of hydrogen-bond donors (Lipinski definition) is 0. The number of benzene rings is 1. The molecule has 1 amide bonds. The number of hydrogen-bond acceptors (Lipinski definition) is 6. The molecule has 7 nitrogen and oxygen atoms in total. The molecule has 1 aromatic carbocycles. The summed E-state index contributed by atoms with van der Waals surface area (Å²) in [5.74, 6) is 0.913. The highest BCUT2D eigenvalue weighted by Crippen LogP contribution is 2.21. The van der Waals surface area contributed by atoms with E-state index in [9.17, 15) is 4.79 Å². The highest BCUT2D eigenvalue weighted by atomic mass is 16.5. The number of amides is 1. The fraction of sp³-hybridized carbons (Fsp3) is 0.421. The first-order chi connectivity index (χ1) is 12.8. The molecule has 0 spiro atoms. The van der Waals surface area contributed by atoms with Crippen LogP contribution < -0.4 is 4.90 Å². The van der Waals surface area contributed by atoms with Gasteiger partial charge in [0.1, 0.15) is 18.8 Å². The zero-order valence-electron chi connectivity index (χ0n) is 15.0. The van der Waals surface area contributed by atoms with Gasteiger partial charge in [-0.1, -0.05) is 30.3 Å². The molecular weight excluding hydrogens is 332 g/mol. The Morgan fingerprint density at radius 3 is 2.58 bits per heavy atom. The Hall–Kier alpha value is -2.51. The average Bonchev–Trinajstić information content (AvgIpc) is 2.72. The number of carbonyl (C=O) groups is 1. The third-order valence-corrected chi connectivity index (χ3v) is 4.34. The van der Waals surface area contributed by atoms with E-state index < -0.39 is 0 Å². The average molecular weight is 356 g/mol. The van der Waals surface area contributed by atoms with Crippen molar-refractivity contribution in [1.29, 1.82) is 0 Å². The summed E-state index contributed by atoms with van der Waals surface area (Å²) in [7, 11) is 1.61. The van der Waals surface area contributed by atoms with E-state index in [4.69, 9.17) is 9.47 Å². The van der Waals surface area contributed by atoms with E-state index in [2.05, 4.69) is 14.9 Å². The third-order valence-electron chi connectivity index (χ3n) is 4.34. The van der Waals surface area contributed by atoms with Crippen molar-refractivity contribution in [3.8, 4) is 11.3 Å². The number of ether oxygens (including phenoxy) is 2. The quantitative estimate of drug-likeness (QED) is 0.700. The molecule has 0 atom stereocenters. The minimum atomic E-state index is 0.0217. The molecule has 7 heteroatoms.